The number of hydrogen-bond acceptors (Lipinski definition) is 2. The zero-order valence-electron chi connectivity index (χ0n) is 36.7. The molecule has 0 N–H and O–H groups in total. The lowest BCUT2D eigenvalue weighted by Gasteiger charge is -2.24. The Labute approximate surface area is 326 Å². The lowest BCUT2D eigenvalue weighted by atomic mass is 10.1. The average Bonchev–Trinajstić information content (AvgIpc) is 3.14. The molecular formula is C49H102N2. The van der Waals surface area contributed by atoms with Gasteiger partial charge in [0.05, 0.1) is 0 Å². The Morgan fingerprint density at radius 2 is 0.275 bits per heavy atom. The molecule has 0 spiro atoms. The molecule has 0 aliphatic heterocycles. The first kappa shape index (κ1) is 50.9. The van der Waals surface area contributed by atoms with Crippen LogP contribution in [0.4, 0.5) is 0 Å². The fourth-order valence-corrected chi connectivity index (χ4v) is 8.10. The minimum absolute atomic E-state index is 1.35. The lowest BCUT2D eigenvalue weighted by Crippen LogP contribution is -2.29. The molecule has 2 nitrogen and oxygen atoms in total. The van der Waals surface area contributed by atoms with Gasteiger partial charge in [-0.25, -0.2) is 0 Å². The Morgan fingerprint density at radius 3 is 0.431 bits per heavy atom. The zero-order chi connectivity index (χ0) is 37.0. The first-order chi connectivity index (χ1) is 25.3. The van der Waals surface area contributed by atoms with E-state index in [4.69, 9.17) is 0 Å². The summed E-state index contributed by atoms with van der Waals surface area (Å²) in [6, 6.07) is 0. The molecule has 0 aromatic heterocycles. The highest BCUT2D eigenvalue weighted by Gasteiger charge is 2.08. The molecule has 0 aromatic carbocycles. The summed E-state index contributed by atoms with van der Waals surface area (Å²) >= 11 is 0. The smallest absolute Gasteiger partial charge is 0.00187 e. The van der Waals surface area contributed by atoms with E-state index in [2.05, 4.69) is 37.5 Å². The molecular weight excluding hydrogens is 617 g/mol. The van der Waals surface area contributed by atoms with E-state index in [-0.39, 0.29) is 0 Å². The minimum atomic E-state index is 1.35. The predicted octanol–water partition coefficient (Wildman–Crippen LogP) is 16.9. The van der Waals surface area contributed by atoms with Crippen molar-refractivity contribution in [2.75, 3.05) is 39.3 Å². The maximum absolute atomic E-state index is 2.88. The number of hydrogen-bond donors (Lipinski definition) is 0. The lowest BCUT2D eigenvalue weighted by molar-refractivity contribution is 0.238. The number of rotatable bonds is 46. The van der Waals surface area contributed by atoms with Crippen LogP contribution in [0.3, 0.4) is 0 Å². The van der Waals surface area contributed by atoms with Crippen LogP contribution >= 0.6 is 0 Å². The quantitative estimate of drug-likeness (QED) is 0.0578. The summed E-state index contributed by atoms with van der Waals surface area (Å²) in [5, 5.41) is 0. The van der Waals surface area contributed by atoms with E-state index in [1.807, 2.05) is 0 Å². The molecule has 0 atom stereocenters. The molecule has 0 aromatic rings. The van der Waals surface area contributed by atoms with Crippen molar-refractivity contribution >= 4 is 0 Å². The van der Waals surface area contributed by atoms with Crippen molar-refractivity contribution in [1.82, 2.24) is 9.80 Å². The minimum Gasteiger partial charge on any atom is -0.303 e. The Morgan fingerprint density at radius 1 is 0.157 bits per heavy atom. The second-order valence-corrected chi connectivity index (χ2v) is 17.1. The van der Waals surface area contributed by atoms with Crippen molar-refractivity contribution < 1.29 is 0 Å². The normalized spacial score (nSPS) is 11.9. The molecule has 0 radical (unpaired) electrons. The van der Waals surface area contributed by atoms with Gasteiger partial charge in [0.15, 0.2) is 0 Å². The monoisotopic (exact) mass is 719 g/mol. The van der Waals surface area contributed by atoms with Crippen molar-refractivity contribution in [2.45, 2.75) is 278 Å². The van der Waals surface area contributed by atoms with Crippen molar-refractivity contribution in [3.8, 4) is 0 Å². The SMILES string of the molecule is CCCCCCCCCCCN(CCCCCCCCCCC)CCCCCN(CCCCCCCCCCC)CCCCCCCCCCC. The highest BCUT2D eigenvalue weighted by Crippen LogP contribution is 2.15. The van der Waals surface area contributed by atoms with Gasteiger partial charge in [0, 0.05) is 0 Å². The summed E-state index contributed by atoms with van der Waals surface area (Å²) in [6.45, 7) is 17.4. The van der Waals surface area contributed by atoms with Crippen molar-refractivity contribution in [2.24, 2.45) is 0 Å². The summed E-state index contributed by atoms with van der Waals surface area (Å²) in [7, 11) is 0. The van der Waals surface area contributed by atoms with E-state index >= 15 is 0 Å². The third-order valence-electron chi connectivity index (χ3n) is 11.8. The topological polar surface area (TPSA) is 6.48 Å². The molecule has 0 bridgehead atoms. The third kappa shape index (κ3) is 42.5. The Bertz CT molecular complexity index is 497. The third-order valence-corrected chi connectivity index (χ3v) is 11.8. The standard InChI is InChI=1S/C49H102N2/c1-5-9-13-17-21-25-29-33-38-44-50(45-39-34-30-26-22-18-14-10-6-2)48-42-37-43-49-51(46-40-35-31-27-23-19-15-11-7-3)47-41-36-32-28-24-20-16-12-8-4/h5-49H2,1-4H3. The van der Waals surface area contributed by atoms with Gasteiger partial charge in [0.1, 0.15) is 0 Å². The largest absolute Gasteiger partial charge is 0.303 e. The molecule has 0 amide bonds. The molecule has 0 aliphatic carbocycles. The fraction of sp³-hybridized carbons (Fsp3) is 1.00. The van der Waals surface area contributed by atoms with Crippen LogP contribution in [0.1, 0.15) is 278 Å². The van der Waals surface area contributed by atoms with Gasteiger partial charge in [-0.15, -0.1) is 0 Å². The highest BCUT2D eigenvalue weighted by atomic mass is 15.1. The van der Waals surface area contributed by atoms with Crippen LogP contribution in [0, 0.1) is 0 Å². The van der Waals surface area contributed by atoms with Gasteiger partial charge in [-0.3, -0.25) is 0 Å². The van der Waals surface area contributed by atoms with Gasteiger partial charge < -0.3 is 9.80 Å². The van der Waals surface area contributed by atoms with Crippen LogP contribution < -0.4 is 0 Å². The van der Waals surface area contributed by atoms with Gasteiger partial charge in [-0.2, -0.15) is 0 Å². The van der Waals surface area contributed by atoms with Gasteiger partial charge in [-0.1, -0.05) is 240 Å². The molecule has 51 heavy (non-hydrogen) atoms. The maximum Gasteiger partial charge on any atom is -0.00187 e. The molecule has 0 saturated carbocycles. The van der Waals surface area contributed by atoms with Crippen LogP contribution in [0.15, 0.2) is 0 Å². The van der Waals surface area contributed by atoms with E-state index in [0.717, 1.165) is 0 Å². The highest BCUT2D eigenvalue weighted by molar-refractivity contribution is 4.64. The molecule has 308 valence electrons. The second kappa shape index (κ2) is 46.1. The van der Waals surface area contributed by atoms with Gasteiger partial charge in [-0.05, 0) is 77.8 Å². The summed E-state index contributed by atoms with van der Waals surface area (Å²) in [4.78, 5) is 5.76. The maximum atomic E-state index is 2.88. The Kier molecular flexibility index (Phi) is 46.0. The molecule has 0 heterocycles. The van der Waals surface area contributed by atoms with Crippen molar-refractivity contribution in [3.05, 3.63) is 0 Å². The summed E-state index contributed by atoms with van der Waals surface area (Å²) in [5.74, 6) is 0. The van der Waals surface area contributed by atoms with Crippen molar-refractivity contribution in [1.29, 1.82) is 0 Å². The molecule has 0 rings (SSSR count). The first-order valence-electron chi connectivity index (χ1n) is 24.7. The summed E-state index contributed by atoms with van der Waals surface area (Å²) in [6.07, 6.45) is 56.3. The van der Waals surface area contributed by atoms with Crippen LogP contribution in [-0.2, 0) is 0 Å². The van der Waals surface area contributed by atoms with Crippen LogP contribution in [0.25, 0.3) is 0 Å². The van der Waals surface area contributed by atoms with Crippen LogP contribution in [-0.4, -0.2) is 49.1 Å². The van der Waals surface area contributed by atoms with E-state index in [1.165, 1.54) is 290 Å². The Balaban J connectivity index is 4.48. The summed E-state index contributed by atoms with van der Waals surface area (Å²) < 4.78 is 0. The van der Waals surface area contributed by atoms with E-state index < -0.39 is 0 Å². The average molecular weight is 719 g/mol. The van der Waals surface area contributed by atoms with Gasteiger partial charge in [0.2, 0.25) is 0 Å². The molecule has 0 aliphatic rings. The van der Waals surface area contributed by atoms with Gasteiger partial charge in [0.25, 0.3) is 0 Å². The second-order valence-electron chi connectivity index (χ2n) is 17.1. The van der Waals surface area contributed by atoms with E-state index in [1.54, 1.807) is 0 Å². The Hall–Kier alpha value is -0.0800. The molecule has 2 heteroatoms. The number of unbranched alkanes of at least 4 members (excludes halogenated alkanes) is 34. The first-order valence-corrected chi connectivity index (χ1v) is 24.7. The van der Waals surface area contributed by atoms with Crippen LogP contribution in [0.5, 0.6) is 0 Å². The van der Waals surface area contributed by atoms with Gasteiger partial charge >= 0.3 is 0 Å². The molecule has 0 unspecified atom stereocenters. The predicted molar refractivity (Wildman–Crippen MR) is 236 cm³/mol. The van der Waals surface area contributed by atoms with Crippen molar-refractivity contribution in [3.63, 3.8) is 0 Å². The summed E-state index contributed by atoms with van der Waals surface area (Å²) in [5.41, 5.74) is 0. The molecule has 0 fully saturated rings. The fourth-order valence-electron chi connectivity index (χ4n) is 8.10. The number of nitrogens with zero attached hydrogens (tertiary/aromatic N) is 2. The van der Waals surface area contributed by atoms with E-state index in [0.29, 0.717) is 0 Å². The van der Waals surface area contributed by atoms with Crippen LogP contribution in [0.2, 0.25) is 0 Å². The zero-order valence-corrected chi connectivity index (χ0v) is 36.7. The van der Waals surface area contributed by atoms with E-state index in [9.17, 15) is 0 Å². The molecule has 0 saturated heterocycles.